The largest absolute Gasteiger partial charge is 0.503 e. The molecule has 0 radical (unpaired) electrons. The van der Waals surface area contributed by atoms with Gasteiger partial charge < -0.3 is 14.9 Å². The Morgan fingerprint density at radius 1 is 1.06 bits per heavy atom. The lowest BCUT2D eigenvalue weighted by molar-refractivity contribution is -0.129. The Balaban J connectivity index is 1.99. The summed E-state index contributed by atoms with van der Waals surface area (Å²) in [6.07, 6.45) is 3.13. The molecule has 5 heteroatoms. The van der Waals surface area contributed by atoms with Crippen molar-refractivity contribution in [2.24, 2.45) is 0 Å². The fraction of sp³-hybridized carbons (Fsp3) is 0.333. The van der Waals surface area contributed by atoms with E-state index in [-0.39, 0.29) is 16.8 Å². The minimum atomic E-state index is -0.621. The van der Waals surface area contributed by atoms with E-state index >= 15 is 0 Å². The summed E-state index contributed by atoms with van der Waals surface area (Å²) < 4.78 is 0. The van der Waals surface area contributed by atoms with Crippen LogP contribution in [0.5, 0.6) is 0 Å². The topological polar surface area (TPSA) is 60.9 Å². The maximum atomic E-state index is 13.2. The van der Waals surface area contributed by atoms with Gasteiger partial charge in [0.25, 0.3) is 5.91 Å². The Bertz CT molecular complexity index is 1030. The van der Waals surface area contributed by atoms with Crippen LogP contribution in [0, 0.1) is 0 Å². The predicted octanol–water partition coefficient (Wildman–Crippen LogP) is 4.52. The molecule has 1 N–H and O–H groups in total. The van der Waals surface area contributed by atoms with Crippen molar-refractivity contribution in [1.82, 2.24) is 9.80 Å². The molecule has 5 nitrogen and oxygen atoms in total. The minimum absolute atomic E-state index is 0.0102. The summed E-state index contributed by atoms with van der Waals surface area (Å²) in [4.78, 5) is 29.7. The van der Waals surface area contributed by atoms with Crippen molar-refractivity contribution < 1.29 is 14.7 Å². The summed E-state index contributed by atoms with van der Waals surface area (Å²) >= 11 is 0. The minimum Gasteiger partial charge on any atom is -0.503 e. The zero-order valence-corrected chi connectivity index (χ0v) is 19.5. The van der Waals surface area contributed by atoms with Gasteiger partial charge in [-0.25, -0.2) is 0 Å². The van der Waals surface area contributed by atoms with Crippen LogP contribution in [0.4, 0.5) is 0 Å². The molecular formula is C27H32N2O3. The molecule has 1 aliphatic heterocycles. The van der Waals surface area contributed by atoms with Gasteiger partial charge in [-0.05, 0) is 42.3 Å². The van der Waals surface area contributed by atoms with Crippen LogP contribution in [0.2, 0.25) is 0 Å². The van der Waals surface area contributed by atoms with E-state index in [1.54, 1.807) is 11.0 Å². The number of hydrogen-bond donors (Lipinski definition) is 1. The van der Waals surface area contributed by atoms with Crippen LogP contribution in [0.1, 0.15) is 43.5 Å². The predicted molar refractivity (Wildman–Crippen MR) is 128 cm³/mol. The monoisotopic (exact) mass is 432 g/mol. The zero-order chi connectivity index (χ0) is 23.5. The number of aliphatic hydroxyl groups excluding tert-OH is 1. The second-order valence-electron chi connectivity index (χ2n) is 9.45. The molecular weight excluding hydrogens is 400 g/mol. The molecule has 32 heavy (non-hydrogen) atoms. The first-order valence-corrected chi connectivity index (χ1v) is 10.9. The number of aliphatic hydroxyl groups is 1. The molecule has 0 aromatic heterocycles. The Morgan fingerprint density at radius 3 is 2.25 bits per heavy atom. The number of nitrogens with zero attached hydrogens (tertiary/aromatic N) is 2. The summed E-state index contributed by atoms with van der Waals surface area (Å²) in [5, 5.41) is 10.7. The van der Waals surface area contributed by atoms with Crippen LogP contribution in [-0.2, 0) is 15.0 Å². The summed E-state index contributed by atoms with van der Waals surface area (Å²) in [6.45, 7) is 7.44. The van der Waals surface area contributed by atoms with E-state index in [9.17, 15) is 14.7 Å². The van der Waals surface area contributed by atoms with E-state index < -0.39 is 17.7 Å². The number of likely N-dealkylation sites (N-methyl/N-ethyl adjacent to an activating group) is 1. The third kappa shape index (κ3) is 5.17. The van der Waals surface area contributed by atoms with Gasteiger partial charge in [-0.2, -0.15) is 0 Å². The van der Waals surface area contributed by atoms with Crippen LogP contribution in [0.3, 0.4) is 0 Å². The van der Waals surface area contributed by atoms with E-state index in [0.717, 1.165) is 16.7 Å². The van der Waals surface area contributed by atoms with E-state index in [0.29, 0.717) is 13.1 Å². The van der Waals surface area contributed by atoms with Crippen LogP contribution in [0.15, 0.2) is 72.0 Å². The van der Waals surface area contributed by atoms with Gasteiger partial charge in [0.05, 0.1) is 11.6 Å². The molecule has 2 aromatic carbocycles. The lowest BCUT2D eigenvalue weighted by Gasteiger charge is -2.28. The fourth-order valence-electron chi connectivity index (χ4n) is 3.78. The second-order valence-corrected chi connectivity index (χ2v) is 9.45. The maximum absolute atomic E-state index is 13.2. The number of rotatable bonds is 7. The summed E-state index contributed by atoms with van der Waals surface area (Å²) in [7, 11) is 3.85. The third-order valence-corrected chi connectivity index (χ3v) is 5.68. The molecule has 2 aromatic rings. The molecule has 1 amide bonds. The molecule has 1 atom stereocenters. The van der Waals surface area contributed by atoms with Crippen molar-refractivity contribution >= 4 is 17.8 Å². The highest BCUT2D eigenvalue weighted by atomic mass is 16.3. The van der Waals surface area contributed by atoms with Crippen molar-refractivity contribution in [3.05, 3.63) is 88.7 Å². The Hall–Kier alpha value is -3.18. The molecule has 3 rings (SSSR count). The van der Waals surface area contributed by atoms with Gasteiger partial charge in [0, 0.05) is 13.1 Å². The molecule has 1 aliphatic rings. The highest BCUT2D eigenvalue weighted by Crippen LogP contribution is 2.38. The van der Waals surface area contributed by atoms with Gasteiger partial charge in [-0.3, -0.25) is 9.59 Å². The van der Waals surface area contributed by atoms with Crippen LogP contribution < -0.4 is 0 Å². The lowest BCUT2D eigenvalue weighted by Crippen LogP contribution is -2.36. The fourth-order valence-corrected chi connectivity index (χ4v) is 3.78. The average molecular weight is 433 g/mol. The van der Waals surface area contributed by atoms with Gasteiger partial charge in [0.15, 0.2) is 11.5 Å². The Morgan fingerprint density at radius 2 is 1.69 bits per heavy atom. The molecule has 168 valence electrons. The number of allylic oxidation sites excluding steroid dienone is 1. The van der Waals surface area contributed by atoms with E-state index in [2.05, 4.69) is 20.8 Å². The molecule has 1 heterocycles. The smallest absolute Gasteiger partial charge is 0.290 e. The average Bonchev–Trinajstić information content (AvgIpc) is 3.01. The quantitative estimate of drug-likeness (QED) is 0.654. The first kappa shape index (κ1) is 23.5. The highest BCUT2D eigenvalue weighted by Gasteiger charge is 2.42. The maximum Gasteiger partial charge on any atom is 0.290 e. The second kappa shape index (κ2) is 9.53. The van der Waals surface area contributed by atoms with E-state index in [1.165, 1.54) is 6.08 Å². The molecule has 0 bridgehead atoms. The summed E-state index contributed by atoms with van der Waals surface area (Å²) in [5.41, 5.74) is 2.97. The number of carbonyl (C=O) groups excluding carboxylic acids is 2. The SMILES string of the molecule is CN(C)CCN1C(=O)C(O)=C(C(=O)/C=C/c2ccccc2)C1c1ccc(C(C)(C)C)cc1. The van der Waals surface area contributed by atoms with Gasteiger partial charge in [0.2, 0.25) is 0 Å². The number of benzene rings is 2. The van der Waals surface area contributed by atoms with E-state index in [1.807, 2.05) is 73.6 Å². The first-order chi connectivity index (χ1) is 15.1. The Labute approximate surface area is 190 Å². The standard InChI is InChI=1S/C27H32N2O3/c1-27(2,3)21-14-12-20(13-15-21)24-23(22(30)16-11-19-9-7-6-8-10-19)25(31)26(32)29(24)18-17-28(4)5/h6-16,24,31H,17-18H2,1-5H3/b16-11+. The Kier molecular flexibility index (Phi) is 6.99. The molecule has 1 unspecified atom stereocenters. The summed E-state index contributed by atoms with van der Waals surface area (Å²) in [5.74, 6) is -1.33. The van der Waals surface area contributed by atoms with Crippen molar-refractivity contribution in [1.29, 1.82) is 0 Å². The van der Waals surface area contributed by atoms with Crippen molar-refractivity contribution in [2.45, 2.75) is 32.2 Å². The van der Waals surface area contributed by atoms with Gasteiger partial charge in [-0.15, -0.1) is 0 Å². The molecule has 0 aliphatic carbocycles. The zero-order valence-electron chi connectivity index (χ0n) is 19.5. The number of carbonyl (C=O) groups is 2. The third-order valence-electron chi connectivity index (χ3n) is 5.68. The van der Waals surface area contributed by atoms with Gasteiger partial charge in [0.1, 0.15) is 0 Å². The van der Waals surface area contributed by atoms with Crippen molar-refractivity contribution in [2.75, 3.05) is 27.2 Å². The molecule has 0 saturated carbocycles. The van der Waals surface area contributed by atoms with Crippen LogP contribution in [-0.4, -0.2) is 53.8 Å². The molecule has 0 spiro atoms. The number of amides is 1. The van der Waals surface area contributed by atoms with Crippen molar-refractivity contribution in [3.8, 4) is 0 Å². The van der Waals surface area contributed by atoms with Crippen LogP contribution in [0.25, 0.3) is 6.08 Å². The highest BCUT2D eigenvalue weighted by molar-refractivity contribution is 6.14. The normalized spacial score (nSPS) is 17.1. The van der Waals surface area contributed by atoms with Gasteiger partial charge >= 0.3 is 0 Å². The van der Waals surface area contributed by atoms with Crippen LogP contribution >= 0.6 is 0 Å². The molecule has 0 fully saturated rings. The number of ketones is 1. The first-order valence-electron chi connectivity index (χ1n) is 10.9. The van der Waals surface area contributed by atoms with Crippen molar-refractivity contribution in [3.63, 3.8) is 0 Å². The van der Waals surface area contributed by atoms with Gasteiger partial charge in [-0.1, -0.05) is 81.4 Å². The van der Waals surface area contributed by atoms with E-state index in [4.69, 9.17) is 0 Å². The molecule has 0 saturated heterocycles. The summed E-state index contributed by atoms with van der Waals surface area (Å²) in [6, 6.07) is 16.8. The number of hydrogen-bond acceptors (Lipinski definition) is 4. The lowest BCUT2D eigenvalue weighted by atomic mass is 9.85.